The maximum atomic E-state index is 3.40. The first-order valence-electron chi connectivity index (χ1n) is 5.22. The van der Waals surface area contributed by atoms with E-state index in [0.717, 1.165) is 19.1 Å². The standard InChI is InChI=1S/C11H20N2/c1-3-5-9-13(8-4-2)11-6-7-12-10-11/h11-12H,4,6-10H2,1-2H3. The molecule has 1 rings (SSSR count). The van der Waals surface area contributed by atoms with Crippen LogP contribution in [0.25, 0.3) is 0 Å². The number of rotatable bonds is 4. The predicted molar refractivity (Wildman–Crippen MR) is 56.6 cm³/mol. The summed E-state index contributed by atoms with van der Waals surface area (Å²) in [6, 6.07) is 0.723. The summed E-state index contributed by atoms with van der Waals surface area (Å²) < 4.78 is 0. The van der Waals surface area contributed by atoms with Crippen LogP contribution in [-0.2, 0) is 0 Å². The quantitative estimate of drug-likeness (QED) is 0.651. The molecule has 0 aromatic rings. The van der Waals surface area contributed by atoms with E-state index in [1.807, 2.05) is 6.92 Å². The molecule has 2 nitrogen and oxygen atoms in total. The van der Waals surface area contributed by atoms with Gasteiger partial charge in [0.25, 0.3) is 0 Å². The highest BCUT2D eigenvalue weighted by Gasteiger charge is 2.20. The van der Waals surface area contributed by atoms with Gasteiger partial charge in [0.05, 0.1) is 6.54 Å². The predicted octanol–water partition coefficient (Wildman–Crippen LogP) is 1.08. The molecule has 74 valence electrons. The van der Waals surface area contributed by atoms with Crippen molar-refractivity contribution in [1.82, 2.24) is 10.2 Å². The molecule has 0 radical (unpaired) electrons. The molecular formula is C11H20N2. The average molecular weight is 180 g/mol. The van der Waals surface area contributed by atoms with Crippen molar-refractivity contribution >= 4 is 0 Å². The molecule has 1 saturated heterocycles. The first-order valence-corrected chi connectivity index (χ1v) is 5.22. The van der Waals surface area contributed by atoms with Gasteiger partial charge >= 0.3 is 0 Å². The first-order chi connectivity index (χ1) is 6.38. The summed E-state index contributed by atoms with van der Waals surface area (Å²) in [6.07, 6.45) is 2.51. The van der Waals surface area contributed by atoms with Crippen LogP contribution >= 0.6 is 0 Å². The third-order valence-electron chi connectivity index (χ3n) is 2.52. The van der Waals surface area contributed by atoms with Gasteiger partial charge in [-0.15, -0.1) is 5.92 Å². The Morgan fingerprint density at radius 2 is 2.38 bits per heavy atom. The van der Waals surface area contributed by atoms with Crippen LogP contribution in [-0.4, -0.2) is 37.1 Å². The zero-order valence-electron chi connectivity index (χ0n) is 8.77. The van der Waals surface area contributed by atoms with E-state index < -0.39 is 0 Å². The Morgan fingerprint density at radius 3 is 2.92 bits per heavy atom. The largest absolute Gasteiger partial charge is 0.315 e. The van der Waals surface area contributed by atoms with E-state index >= 15 is 0 Å². The number of hydrogen-bond acceptors (Lipinski definition) is 2. The molecule has 1 aliphatic rings. The average Bonchev–Trinajstić information content (AvgIpc) is 2.65. The summed E-state index contributed by atoms with van der Waals surface area (Å²) in [4.78, 5) is 2.50. The van der Waals surface area contributed by atoms with Crippen molar-refractivity contribution in [2.45, 2.75) is 32.7 Å². The SMILES string of the molecule is CC#CCN(CCC)C1CCNC1. The summed E-state index contributed by atoms with van der Waals surface area (Å²) in [7, 11) is 0. The lowest BCUT2D eigenvalue weighted by Crippen LogP contribution is -2.37. The Kier molecular flexibility index (Phi) is 4.88. The topological polar surface area (TPSA) is 15.3 Å². The Hall–Kier alpha value is -0.520. The molecule has 0 aromatic heterocycles. The van der Waals surface area contributed by atoms with Gasteiger partial charge in [0.2, 0.25) is 0 Å². The van der Waals surface area contributed by atoms with Crippen molar-refractivity contribution in [3.8, 4) is 11.8 Å². The zero-order valence-corrected chi connectivity index (χ0v) is 8.77. The van der Waals surface area contributed by atoms with Crippen molar-refractivity contribution in [3.05, 3.63) is 0 Å². The Morgan fingerprint density at radius 1 is 1.54 bits per heavy atom. The fourth-order valence-corrected chi connectivity index (χ4v) is 1.81. The minimum Gasteiger partial charge on any atom is -0.315 e. The molecule has 13 heavy (non-hydrogen) atoms. The fraction of sp³-hybridized carbons (Fsp3) is 0.818. The molecule has 0 aromatic carbocycles. The lowest BCUT2D eigenvalue weighted by atomic mass is 10.2. The second kappa shape index (κ2) is 6.01. The highest BCUT2D eigenvalue weighted by atomic mass is 15.2. The Labute approximate surface area is 81.7 Å². The van der Waals surface area contributed by atoms with Gasteiger partial charge in [0.15, 0.2) is 0 Å². The molecule has 1 aliphatic heterocycles. The summed E-state index contributed by atoms with van der Waals surface area (Å²) in [5, 5.41) is 3.40. The number of nitrogens with one attached hydrogen (secondary N) is 1. The van der Waals surface area contributed by atoms with Crippen LogP contribution < -0.4 is 5.32 Å². The fourth-order valence-electron chi connectivity index (χ4n) is 1.81. The first kappa shape index (κ1) is 10.6. The van der Waals surface area contributed by atoms with E-state index in [4.69, 9.17) is 0 Å². The van der Waals surface area contributed by atoms with Crippen LogP contribution in [0.4, 0.5) is 0 Å². The van der Waals surface area contributed by atoms with Crippen molar-refractivity contribution in [2.75, 3.05) is 26.2 Å². The second-order valence-electron chi connectivity index (χ2n) is 3.54. The summed E-state index contributed by atoms with van der Waals surface area (Å²) in [6.45, 7) is 8.58. The molecule has 1 fully saturated rings. The summed E-state index contributed by atoms with van der Waals surface area (Å²) in [5.41, 5.74) is 0. The summed E-state index contributed by atoms with van der Waals surface area (Å²) >= 11 is 0. The third-order valence-corrected chi connectivity index (χ3v) is 2.52. The zero-order chi connectivity index (χ0) is 9.52. The maximum absolute atomic E-state index is 3.40. The highest BCUT2D eigenvalue weighted by Crippen LogP contribution is 2.08. The van der Waals surface area contributed by atoms with Crippen LogP contribution in [0.5, 0.6) is 0 Å². The van der Waals surface area contributed by atoms with Crippen LogP contribution in [0.2, 0.25) is 0 Å². The van der Waals surface area contributed by atoms with Gasteiger partial charge in [0.1, 0.15) is 0 Å². The summed E-state index contributed by atoms with van der Waals surface area (Å²) in [5.74, 6) is 6.13. The van der Waals surface area contributed by atoms with Crippen molar-refractivity contribution < 1.29 is 0 Å². The minimum absolute atomic E-state index is 0.723. The van der Waals surface area contributed by atoms with E-state index in [2.05, 4.69) is 29.0 Å². The number of hydrogen-bond donors (Lipinski definition) is 1. The number of nitrogens with zero attached hydrogens (tertiary/aromatic N) is 1. The van der Waals surface area contributed by atoms with E-state index in [1.165, 1.54) is 25.9 Å². The smallest absolute Gasteiger partial charge is 0.0604 e. The Balaban J connectivity index is 2.38. The molecule has 1 unspecified atom stereocenters. The molecule has 0 aliphatic carbocycles. The van der Waals surface area contributed by atoms with E-state index in [-0.39, 0.29) is 0 Å². The van der Waals surface area contributed by atoms with E-state index in [9.17, 15) is 0 Å². The molecule has 0 spiro atoms. The maximum Gasteiger partial charge on any atom is 0.0604 e. The van der Waals surface area contributed by atoms with Crippen LogP contribution in [0, 0.1) is 11.8 Å². The van der Waals surface area contributed by atoms with Crippen LogP contribution in [0.15, 0.2) is 0 Å². The lowest BCUT2D eigenvalue weighted by Gasteiger charge is -2.25. The Bertz CT molecular complexity index is 184. The van der Waals surface area contributed by atoms with Gasteiger partial charge in [-0.25, -0.2) is 0 Å². The van der Waals surface area contributed by atoms with Gasteiger partial charge in [-0.1, -0.05) is 12.8 Å². The monoisotopic (exact) mass is 180 g/mol. The van der Waals surface area contributed by atoms with Gasteiger partial charge in [-0.3, -0.25) is 4.90 Å². The van der Waals surface area contributed by atoms with E-state index in [0.29, 0.717) is 0 Å². The molecule has 1 N–H and O–H groups in total. The lowest BCUT2D eigenvalue weighted by molar-refractivity contribution is 0.235. The molecule has 0 saturated carbocycles. The molecular weight excluding hydrogens is 160 g/mol. The normalized spacial score (nSPS) is 21.6. The van der Waals surface area contributed by atoms with Gasteiger partial charge in [-0.2, -0.15) is 0 Å². The molecule has 0 bridgehead atoms. The molecule has 1 atom stereocenters. The second-order valence-corrected chi connectivity index (χ2v) is 3.54. The molecule has 0 amide bonds. The molecule has 1 heterocycles. The van der Waals surface area contributed by atoms with Gasteiger partial charge in [0, 0.05) is 12.6 Å². The third kappa shape index (κ3) is 3.38. The van der Waals surface area contributed by atoms with E-state index in [1.54, 1.807) is 0 Å². The van der Waals surface area contributed by atoms with Crippen molar-refractivity contribution in [1.29, 1.82) is 0 Å². The minimum atomic E-state index is 0.723. The van der Waals surface area contributed by atoms with Gasteiger partial charge in [-0.05, 0) is 32.9 Å². The van der Waals surface area contributed by atoms with Crippen LogP contribution in [0.1, 0.15) is 26.7 Å². The van der Waals surface area contributed by atoms with Crippen molar-refractivity contribution in [3.63, 3.8) is 0 Å². The highest BCUT2D eigenvalue weighted by molar-refractivity contribution is 4.99. The molecule has 2 heteroatoms. The van der Waals surface area contributed by atoms with Gasteiger partial charge < -0.3 is 5.32 Å². The van der Waals surface area contributed by atoms with Crippen LogP contribution in [0.3, 0.4) is 0 Å². The van der Waals surface area contributed by atoms with Crippen molar-refractivity contribution in [2.24, 2.45) is 0 Å².